The van der Waals surface area contributed by atoms with E-state index in [0.717, 1.165) is 48.3 Å². The van der Waals surface area contributed by atoms with Crippen LogP contribution in [0.15, 0.2) is 18.3 Å². The summed E-state index contributed by atoms with van der Waals surface area (Å²) in [5, 5.41) is 14.2. The van der Waals surface area contributed by atoms with Gasteiger partial charge in [-0.3, -0.25) is 4.98 Å². The van der Waals surface area contributed by atoms with Gasteiger partial charge in [0.25, 0.3) is 0 Å². The summed E-state index contributed by atoms with van der Waals surface area (Å²) in [6, 6.07) is 3.73. The molecule has 4 rings (SSSR count). The van der Waals surface area contributed by atoms with Crippen molar-refractivity contribution in [2.75, 3.05) is 18.8 Å². The van der Waals surface area contributed by atoms with E-state index in [0.29, 0.717) is 17.9 Å². The normalized spacial score (nSPS) is 17.8. The molecule has 0 aromatic carbocycles. The van der Waals surface area contributed by atoms with Crippen LogP contribution in [0.3, 0.4) is 0 Å². The van der Waals surface area contributed by atoms with Crippen molar-refractivity contribution in [3.63, 3.8) is 0 Å². The molecule has 1 aliphatic heterocycles. The second kappa shape index (κ2) is 5.14. The van der Waals surface area contributed by atoms with E-state index in [1.807, 2.05) is 23.6 Å². The minimum atomic E-state index is -0.733. The number of imidazole rings is 1. The Bertz CT molecular complexity index is 881. The predicted octanol–water partition coefficient (Wildman–Crippen LogP) is 0.985. The maximum Gasteiger partial charge on any atom is 0.152 e. The molecule has 23 heavy (non-hydrogen) atoms. The first-order chi connectivity index (χ1) is 11.1. The number of aryl methyl sites for hydroxylation is 1. The van der Waals surface area contributed by atoms with Gasteiger partial charge in [-0.2, -0.15) is 0 Å². The molecular weight excluding hydrogens is 292 g/mol. The highest BCUT2D eigenvalue weighted by Gasteiger charge is 2.31. The Balaban J connectivity index is 1.93. The van der Waals surface area contributed by atoms with Crippen molar-refractivity contribution in [2.45, 2.75) is 31.9 Å². The molecule has 1 saturated heterocycles. The summed E-state index contributed by atoms with van der Waals surface area (Å²) < 4.78 is 2.04. The zero-order valence-electron chi connectivity index (χ0n) is 13.1. The summed E-state index contributed by atoms with van der Waals surface area (Å²) >= 11 is 0. The summed E-state index contributed by atoms with van der Waals surface area (Å²) in [5.41, 5.74) is 8.39. The maximum absolute atomic E-state index is 10.9. The van der Waals surface area contributed by atoms with Gasteiger partial charge >= 0.3 is 0 Å². The van der Waals surface area contributed by atoms with Gasteiger partial charge in [0.05, 0.1) is 17.7 Å². The second-order valence-electron chi connectivity index (χ2n) is 6.28. The second-order valence-corrected chi connectivity index (χ2v) is 6.28. The number of nitrogens with one attached hydrogen (secondary N) is 1. The first-order valence-electron chi connectivity index (χ1n) is 7.88. The molecule has 0 aliphatic carbocycles. The van der Waals surface area contributed by atoms with Crippen molar-refractivity contribution in [3.8, 4) is 0 Å². The number of hydrogen-bond acceptors (Lipinski definition) is 6. The molecule has 0 atom stereocenters. The van der Waals surface area contributed by atoms with E-state index < -0.39 is 5.60 Å². The Morgan fingerprint density at radius 1 is 1.30 bits per heavy atom. The number of piperidine rings is 1. The molecule has 4 heterocycles. The van der Waals surface area contributed by atoms with Crippen LogP contribution < -0.4 is 11.1 Å². The minimum Gasteiger partial charge on any atom is -0.388 e. The monoisotopic (exact) mass is 312 g/mol. The zero-order chi connectivity index (χ0) is 16.0. The molecule has 0 spiro atoms. The maximum atomic E-state index is 10.9. The number of pyridine rings is 2. The lowest BCUT2D eigenvalue weighted by molar-refractivity contribution is -0.00485. The summed E-state index contributed by atoms with van der Waals surface area (Å²) in [6.07, 6.45) is 3.18. The SMILES string of the molecule is Cc1nc2c(N)nc3cccnc3c2n1CC1(O)CCNCC1. The van der Waals surface area contributed by atoms with Gasteiger partial charge in [0.2, 0.25) is 0 Å². The number of rotatable bonds is 2. The van der Waals surface area contributed by atoms with Gasteiger partial charge < -0.3 is 20.7 Å². The number of nitrogens with two attached hydrogens (primary N) is 1. The van der Waals surface area contributed by atoms with Crippen molar-refractivity contribution in [3.05, 3.63) is 24.2 Å². The highest BCUT2D eigenvalue weighted by Crippen LogP contribution is 2.30. The number of nitrogens with zero attached hydrogens (tertiary/aromatic N) is 4. The van der Waals surface area contributed by atoms with Crippen LogP contribution in [0.4, 0.5) is 5.82 Å². The molecule has 0 radical (unpaired) electrons. The number of anilines is 1. The Morgan fingerprint density at radius 3 is 2.87 bits per heavy atom. The van der Waals surface area contributed by atoms with E-state index >= 15 is 0 Å². The Morgan fingerprint density at radius 2 is 2.09 bits per heavy atom. The quantitative estimate of drug-likeness (QED) is 0.652. The molecule has 0 unspecified atom stereocenters. The van der Waals surface area contributed by atoms with E-state index in [4.69, 9.17) is 5.73 Å². The van der Waals surface area contributed by atoms with Crippen LogP contribution in [0.1, 0.15) is 18.7 Å². The Hall–Kier alpha value is -2.25. The minimum absolute atomic E-state index is 0.402. The van der Waals surface area contributed by atoms with E-state index in [1.54, 1.807) is 6.20 Å². The lowest BCUT2D eigenvalue weighted by Crippen LogP contribution is -2.44. The van der Waals surface area contributed by atoms with Gasteiger partial charge in [-0.25, -0.2) is 9.97 Å². The van der Waals surface area contributed by atoms with Gasteiger partial charge in [-0.1, -0.05) is 0 Å². The van der Waals surface area contributed by atoms with Crippen molar-refractivity contribution < 1.29 is 5.11 Å². The van der Waals surface area contributed by atoms with Gasteiger partial charge in [0, 0.05) is 6.20 Å². The molecular formula is C16H20N6O. The van der Waals surface area contributed by atoms with Crippen LogP contribution in [0, 0.1) is 6.92 Å². The smallest absolute Gasteiger partial charge is 0.152 e. The predicted molar refractivity (Wildman–Crippen MR) is 89.0 cm³/mol. The summed E-state index contributed by atoms with van der Waals surface area (Å²) in [5.74, 6) is 1.22. The number of aromatic nitrogens is 4. The third-order valence-corrected chi connectivity index (χ3v) is 4.64. The molecule has 120 valence electrons. The lowest BCUT2D eigenvalue weighted by atomic mass is 9.92. The number of nitrogen functional groups attached to an aromatic ring is 1. The molecule has 4 N–H and O–H groups in total. The Kier molecular flexibility index (Phi) is 3.21. The van der Waals surface area contributed by atoms with Gasteiger partial charge in [0.1, 0.15) is 22.4 Å². The molecule has 1 aliphatic rings. The van der Waals surface area contributed by atoms with Crippen LogP contribution in [0.2, 0.25) is 0 Å². The first-order valence-corrected chi connectivity index (χ1v) is 7.88. The van der Waals surface area contributed by atoms with Crippen molar-refractivity contribution in [1.82, 2.24) is 24.8 Å². The van der Waals surface area contributed by atoms with E-state index in [1.165, 1.54) is 0 Å². The topological polar surface area (TPSA) is 102 Å². The third kappa shape index (κ3) is 2.32. The average Bonchev–Trinajstić information content (AvgIpc) is 2.86. The number of hydrogen-bond donors (Lipinski definition) is 3. The van der Waals surface area contributed by atoms with Crippen LogP contribution in [-0.4, -0.2) is 43.3 Å². The van der Waals surface area contributed by atoms with E-state index in [-0.39, 0.29) is 0 Å². The third-order valence-electron chi connectivity index (χ3n) is 4.64. The zero-order valence-corrected chi connectivity index (χ0v) is 13.1. The van der Waals surface area contributed by atoms with Gasteiger partial charge in [-0.15, -0.1) is 0 Å². The Labute approximate surface area is 133 Å². The fourth-order valence-electron chi connectivity index (χ4n) is 3.37. The number of fused-ring (bicyclic) bond motifs is 3. The van der Waals surface area contributed by atoms with Crippen molar-refractivity contribution in [2.24, 2.45) is 0 Å². The molecule has 0 amide bonds. The fraction of sp³-hybridized carbons (Fsp3) is 0.438. The van der Waals surface area contributed by atoms with Crippen LogP contribution in [0.5, 0.6) is 0 Å². The van der Waals surface area contributed by atoms with E-state index in [2.05, 4.69) is 20.3 Å². The highest BCUT2D eigenvalue weighted by molar-refractivity contribution is 6.04. The molecule has 3 aromatic heterocycles. The van der Waals surface area contributed by atoms with Crippen LogP contribution in [-0.2, 0) is 6.54 Å². The molecule has 0 bridgehead atoms. The molecule has 7 heteroatoms. The standard InChI is InChI=1S/C16H20N6O/c1-10-20-13-14(12-11(21-15(13)17)3-2-6-19-12)22(10)9-16(23)4-7-18-8-5-16/h2-3,6,18,23H,4-5,7-9H2,1H3,(H2,17,21). The summed E-state index contributed by atoms with van der Waals surface area (Å²) in [6.45, 7) is 4.07. The first kappa shape index (κ1) is 14.3. The van der Waals surface area contributed by atoms with Crippen molar-refractivity contribution in [1.29, 1.82) is 0 Å². The van der Waals surface area contributed by atoms with Crippen LogP contribution in [0.25, 0.3) is 22.1 Å². The molecule has 0 saturated carbocycles. The average molecular weight is 312 g/mol. The van der Waals surface area contributed by atoms with Gasteiger partial charge in [0.15, 0.2) is 5.82 Å². The molecule has 3 aromatic rings. The summed E-state index contributed by atoms with van der Waals surface area (Å²) in [7, 11) is 0. The fourth-order valence-corrected chi connectivity index (χ4v) is 3.37. The van der Waals surface area contributed by atoms with Crippen molar-refractivity contribution >= 4 is 27.9 Å². The highest BCUT2D eigenvalue weighted by atomic mass is 16.3. The van der Waals surface area contributed by atoms with Crippen LogP contribution >= 0.6 is 0 Å². The lowest BCUT2D eigenvalue weighted by Gasteiger charge is -2.33. The van der Waals surface area contributed by atoms with Gasteiger partial charge in [-0.05, 0) is 45.0 Å². The largest absolute Gasteiger partial charge is 0.388 e. The van der Waals surface area contributed by atoms with E-state index in [9.17, 15) is 5.11 Å². The molecule has 7 nitrogen and oxygen atoms in total. The number of aliphatic hydroxyl groups is 1. The molecule has 1 fully saturated rings. The summed E-state index contributed by atoms with van der Waals surface area (Å²) in [4.78, 5) is 13.4.